The van der Waals surface area contributed by atoms with Gasteiger partial charge in [-0.25, -0.2) is 0 Å². The first-order valence-corrected chi connectivity index (χ1v) is 18.3. The van der Waals surface area contributed by atoms with Gasteiger partial charge < -0.3 is 28.8 Å². The van der Waals surface area contributed by atoms with Crippen molar-refractivity contribution in [3.8, 4) is 5.75 Å². The van der Waals surface area contributed by atoms with Crippen molar-refractivity contribution in [3.05, 3.63) is 70.6 Å². The molecule has 1 fully saturated rings. The molecule has 7 heteroatoms. The lowest BCUT2D eigenvalue weighted by molar-refractivity contribution is -0.348. The lowest BCUT2D eigenvalue weighted by Gasteiger charge is -2.47. The SMILES string of the molecule is C=C(c1cc2ccccc2s1)c1cc(C2(O)O[C@H](COCCCC)C[C@H](OCCCC)[C@H]2OCCCC)c(OCCCC)cc1C. The number of aryl methyl sites for hydroxylation is 1. The standard InChI is InChI=1S/C39H56O6S/c1-7-11-19-41-27-31-25-35(43-21-13-9-3)38(44-22-14-10-4)39(40,45-31)33-26-32(28(5)23-34(33)42-20-12-8-2)29(6)37-24-30-17-15-16-18-36(30)46-37/h15-18,23-24,26,31,35,38,40H,6-14,19-22,25,27H2,1-5H3/t31-,35-,38+,39?/m0/s1. The highest BCUT2D eigenvalue weighted by Gasteiger charge is 2.53. The molecule has 0 bridgehead atoms. The van der Waals surface area contributed by atoms with Gasteiger partial charge in [-0.1, -0.05) is 78.2 Å². The second-order valence-electron chi connectivity index (χ2n) is 12.5. The van der Waals surface area contributed by atoms with Crippen molar-refractivity contribution in [3.63, 3.8) is 0 Å². The molecule has 6 nitrogen and oxygen atoms in total. The van der Waals surface area contributed by atoms with Crippen LogP contribution in [0, 0.1) is 6.92 Å². The molecule has 1 N–H and O–H groups in total. The Balaban J connectivity index is 1.81. The summed E-state index contributed by atoms with van der Waals surface area (Å²) < 4.78 is 33.5. The summed E-state index contributed by atoms with van der Waals surface area (Å²) in [5, 5.41) is 14.1. The Morgan fingerprint density at radius 3 is 2.30 bits per heavy atom. The van der Waals surface area contributed by atoms with Gasteiger partial charge in [-0.05, 0) is 79.0 Å². The van der Waals surface area contributed by atoms with Crippen LogP contribution in [0.1, 0.15) is 107 Å². The van der Waals surface area contributed by atoms with Gasteiger partial charge in [0.1, 0.15) is 11.9 Å². The molecule has 0 amide bonds. The van der Waals surface area contributed by atoms with E-state index in [4.69, 9.17) is 23.7 Å². The van der Waals surface area contributed by atoms with Crippen molar-refractivity contribution in [1.29, 1.82) is 0 Å². The zero-order valence-electron chi connectivity index (χ0n) is 28.8. The summed E-state index contributed by atoms with van der Waals surface area (Å²) in [7, 11) is 0. The van der Waals surface area contributed by atoms with Crippen LogP contribution in [-0.2, 0) is 24.7 Å². The maximum atomic E-state index is 12.9. The molecule has 0 aliphatic carbocycles. The Labute approximate surface area is 281 Å². The second kappa shape index (κ2) is 18.3. The van der Waals surface area contributed by atoms with Crippen LogP contribution in [0.3, 0.4) is 0 Å². The smallest absolute Gasteiger partial charge is 0.226 e. The van der Waals surface area contributed by atoms with Crippen molar-refractivity contribution in [2.45, 2.75) is 117 Å². The molecular formula is C39H56O6S. The van der Waals surface area contributed by atoms with Crippen LogP contribution in [0.5, 0.6) is 5.75 Å². The molecule has 1 aliphatic heterocycles. The van der Waals surface area contributed by atoms with E-state index < -0.39 is 11.9 Å². The minimum absolute atomic E-state index is 0.372. The number of rotatable bonds is 20. The Morgan fingerprint density at radius 2 is 1.59 bits per heavy atom. The summed E-state index contributed by atoms with van der Waals surface area (Å²) in [5.74, 6) is -1.23. The van der Waals surface area contributed by atoms with E-state index in [2.05, 4.69) is 71.5 Å². The number of benzene rings is 2. The molecule has 1 saturated heterocycles. The monoisotopic (exact) mass is 652 g/mol. The van der Waals surface area contributed by atoms with Crippen LogP contribution in [0.15, 0.2) is 49.0 Å². The lowest BCUT2D eigenvalue weighted by Crippen LogP contribution is -2.58. The minimum Gasteiger partial charge on any atom is -0.493 e. The molecular weight excluding hydrogens is 596 g/mol. The Morgan fingerprint density at radius 1 is 0.913 bits per heavy atom. The molecule has 4 atom stereocenters. The number of unbranched alkanes of at least 4 members (excludes halogenated alkanes) is 4. The summed E-state index contributed by atoms with van der Waals surface area (Å²) in [6.45, 7) is 17.9. The van der Waals surface area contributed by atoms with Gasteiger partial charge >= 0.3 is 0 Å². The molecule has 4 rings (SSSR count). The van der Waals surface area contributed by atoms with Crippen LogP contribution in [0.4, 0.5) is 0 Å². The highest BCUT2D eigenvalue weighted by Crippen LogP contribution is 2.45. The molecule has 0 saturated carbocycles. The maximum absolute atomic E-state index is 12.9. The quantitative estimate of drug-likeness (QED) is 0.123. The van der Waals surface area contributed by atoms with Crippen molar-refractivity contribution in [1.82, 2.24) is 0 Å². The molecule has 2 heterocycles. The lowest BCUT2D eigenvalue weighted by atomic mass is 9.86. The van der Waals surface area contributed by atoms with Crippen LogP contribution in [-0.4, -0.2) is 56.5 Å². The van der Waals surface area contributed by atoms with Crippen molar-refractivity contribution in [2.75, 3.05) is 33.0 Å². The van der Waals surface area contributed by atoms with Gasteiger partial charge in [0.15, 0.2) is 0 Å². The third kappa shape index (κ3) is 9.21. The summed E-state index contributed by atoms with van der Waals surface area (Å²) >= 11 is 1.72. The van der Waals surface area contributed by atoms with Crippen molar-refractivity contribution < 1.29 is 28.8 Å². The molecule has 1 aliphatic rings. The average Bonchev–Trinajstić information content (AvgIpc) is 3.49. The van der Waals surface area contributed by atoms with Gasteiger partial charge in [0.25, 0.3) is 0 Å². The second-order valence-corrected chi connectivity index (χ2v) is 13.6. The van der Waals surface area contributed by atoms with E-state index in [1.165, 1.54) is 10.1 Å². The first-order chi connectivity index (χ1) is 22.4. The van der Waals surface area contributed by atoms with Gasteiger partial charge in [0.05, 0.1) is 31.0 Å². The fourth-order valence-corrected chi connectivity index (χ4v) is 6.94. The predicted octanol–water partition coefficient (Wildman–Crippen LogP) is 9.57. The van der Waals surface area contributed by atoms with Crippen LogP contribution in [0.25, 0.3) is 15.7 Å². The number of hydrogen-bond acceptors (Lipinski definition) is 7. The largest absolute Gasteiger partial charge is 0.493 e. The van der Waals surface area contributed by atoms with E-state index in [-0.39, 0.29) is 12.2 Å². The number of ether oxygens (including phenoxy) is 5. The van der Waals surface area contributed by atoms with E-state index in [1.807, 2.05) is 12.1 Å². The third-order valence-corrected chi connectivity index (χ3v) is 9.83. The number of aliphatic hydroxyl groups is 1. The summed E-state index contributed by atoms with van der Waals surface area (Å²) in [6, 6.07) is 14.6. The van der Waals surface area contributed by atoms with E-state index >= 15 is 0 Å². The molecule has 0 spiro atoms. The highest BCUT2D eigenvalue weighted by atomic mass is 32.1. The molecule has 46 heavy (non-hydrogen) atoms. The average molecular weight is 653 g/mol. The van der Waals surface area contributed by atoms with Crippen LogP contribution >= 0.6 is 11.3 Å². The zero-order valence-corrected chi connectivity index (χ0v) is 29.6. The predicted molar refractivity (Wildman–Crippen MR) is 190 cm³/mol. The zero-order chi connectivity index (χ0) is 32.9. The molecule has 2 aromatic carbocycles. The van der Waals surface area contributed by atoms with Crippen molar-refractivity contribution >= 4 is 27.0 Å². The normalized spacial score (nSPS) is 21.6. The van der Waals surface area contributed by atoms with Crippen molar-refractivity contribution in [2.24, 2.45) is 0 Å². The first-order valence-electron chi connectivity index (χ1n) is 17.5. The highest BCUT2D eigenvalue weighted by molar-refractivity contribution is 7.20. The third-order valence-electron chi connectivity index (χ3n) is 8.65. The van der Waals surface area contributed by atoms with Gasteiger partial charge in [-0.2, -0.15) is 0 Å². The minimum atomic E-state index is -1.83. The van der Waals surface area contributed by atoms with E-state index in [1.54, 1.807) is 11.3 Å². The molecule has 3 aromatic rings. The molecule has 0 radical (unpaired) electrons. The van der Waals surface area contributed by atoms with E-state index in [9.17, 15) is 5.11 Å². The first kappa shape index (κ1) is 36.6. The topological polar surface area (TPSA) is 66.4 Å². The molecule has 1 aromatic heterocycles. The van der Waals surface area contributed by atoms with Crippen LogP contribution < -0.4 is 4.74 Å². The fraction of sp³-hybridized carbons (Fsp3) is 0.590. The Hall–Kier alpha value is -2.26. The number of thiophene rings is 1. The van der Waals surface area contributed by atoms with Gasteiger partial charge in [-0.15, -0.1) is 11.3 Å². The van der Waals surface area contributed by atoms with Gasteiger partial charge in [0.2, 0.25) is 5.79 Å². The van der Waals surface area contributed by atoms with E-state index in [0.717, 1.165) is 72.9 Å². The van der Waals surface area contributed by atoms with Crippen LogP contribution in [0.2, 0.25) is 0 Å². The molecule has 1 unspecified atom stereocenters. The summed E-state index contributed by atoms with van der Waals surface area (Å²) in [5.41, 5.74) is 3.42. The fourth-order valence-electron chi connectivity index (χ4n) is 5.89. The Bertz CT molecular complexity index is 1330. The molecule has 254 valence electrons. The van der Waals surface area contributed by atoms with E-state index in [0.29, 0.717) is 50.8 Å². The van der Waals surface area contributed by atoms with Gasteiger partial charge in [0, 0.05) is 35.8 Å². The summed E-state index contributed by atoms with van der Waals surface area (Å²) in [6.07, 6.45) is 6.84. The number of fused-ring (bicyclic) bond motifs is 1. The maximum Gasteiger partial charge on any atom is 0.226 e. The summed E-state index contributed by atoms with van der Waals surface area (Å²) in [4.78, 5) is 1.09. The number of hydrogen-bond donors (Lipinski definition) is 1. The van der Waals surface area contributed by atoms with Gasteiger partial charge in [-0.3, -0.25) is 0 Å². The Kier molecular flexibility index (Phi) is 14.6.